The number of hydrogen-bond acceptors (Lipinski definition) is 2. The molecule has 1 heterocycles. The van der Waals surface area contributed by atoms with E-state index in [0.717, 1.165) is 11.1 Å². The highest BCUT2D eigenvalue weighted by Gasteiger charge is 2.20. The summed E-state index contributed by atoms with van der Waals surface area (Å²) in [5.41, 5.74) is 2.41. The number of aromatic nitrogens is 1. The van der Waals surface area contributed by atoms with E-state index in [1.54, 1.807) is 13.0 Å². The van der Waals surface area contributed by atoms with Gasteiger partial charge in [-0.3, -0.25) is 0 Å². The van der Waals surface area contributed by atoms with Crippen LogP contribution in [0.1, 0.15) is 11.3 Å². The van der Waals surface area contributed by atoms with E-state index in [-0.39, 0.29) is 4.90 Å². The van der Waals surface area contributed by atoms with Crippen LogP contribution in [0.4, 0.5) is 0 Å². The van der Waals surface area contributed by atoms with Gasteiger partial charge in [0.2, 0.25) is 0 Å². The summed E-state index contributed by atoms with van der Waals surface area (Å²) in [7, 11) is 1.70. The Morgan fingerprint density at radius 2 is 1.93 bits per heavy atom. The van der Waals surface area contributed by atoms with Gasteiger partial charge in [0.25, 0.3) is 9.05 Å². The van der Waals surface area contributed by atoms with Crippen LogP contribution in [-0.2, 0) is 9.05 Å². The van der Waals surface area contributed by atoms with E-state index in [2.05, 4.69) is 4.98 Å². The zero-order chi connectivity index (χ0) is 11.2. The van der Waals surface area contributed by atoms with Gasteiger partial charge in [0, 0.05) is 27.3 Å². The summed E-state index contributed by atoms with van der Waals surface area (Å²) in [6.07, 6.45) is 0. The Labute approximate surface area is 92.5 Å². The smallest absolute Gasteiger partial charge is 0.263 e. The minimum atomic E-state index is -3.69. The molecule has 0 unspecified atom stereocenters. The lowest BCUT2D eigenvalue weighted by atomic mass is 10.2. The van der Waals surface area contributed by atoms with Crippen molar-refractivity contribution in [2.45, 2.75) is 18.7 Å². The number of rotatable bonds is 1. The molecule has 0 bridgehead atoms. The molecule has 0 atom stereocenters. The van der Waals surface area contributed by atoms with Crippen LogP contribution in [-0.4, -0.2) is 13.4 Å². The lowest BCUT2D eigenvalue weighted by Crippen LogP contribution is -1.91. The lowest BCUT2D eigenvalue weighted by Gasteiger charge is -1.96. The molecule has 0 fully saturated rings. The zero-order valence-electron chi connectivity index (χ0n) is 8.33. The first-order chi connectivity index (χ1) is 6.91. The molecule has 0 aliphatic heterocycles. The highest BCUT2D eigenvalue weighted by atomic mass is 35.7. The fourth-order valence-corrected chi connectivity index (χ4v) is 3.23. The lowest BCUT2D eigenvalue weighted by molar-refractivity contribution is 0.610. The second-order valence-electron chi connectivity index (χ2n) is 3.51. The molecule has 0 radical (unpaired) electrons. The van der Waals surface area contributed by atoms with Crippen LogP contribution in [0.5, 0.6) is 0 Å². The van der Waals surface area contributed by atoms with Crippen molar-refractivity contribution in [1.82, 2.24) is 4.98 Å². The number of aryl methyl sites for hydroxylation is 2. The number of nitrogens with one attached hydrogen (secondary N) is 1. The highest BCUT2D eigenvalue weighted by molar-refractivity contribution is 8.14. The van der Waals surface area contributed by atoms with E-state index < -0.39 is 9.05 Å². The Kier molecular flexibility index (Phi) is 2.28. The number of halogens is 1. The molecule has 80 valence electrons. The maximum Gasteiger partial charge on any atom is 0.263 e. The third kappa shape index (κ3) is 1.64. The standard InChI is InChI=1S/C10H10ClNO2S/c1-6-4-3-5-8-9(6)12-7(2)10(8)15(11,13)14/h3-5,12H,1-2H3. The van der Waals surface area contributed by atoms with E-state index in [1.165, 1.54) is 0 Å². The first kappa shape index (κ1) is 10.5. The molecule has 0 aliphatic carbocycles. The summed E-state index contributed by atoms with van der Waals surface area (Å²) in [6, 6.07) is 5.49. The van der Waals surface area contributed by atoms with Crippen molar-refractivity contribution in [3.8, 4) is 0 Å². The Hall–Kier alpha value is -1.00. The quantitative estimate of drug-likeness (QED) is 0.783. The number of H-pyrrole nitrogens is 1. The Bertz CT molecular complexity index is 628. The number of para-hydroxylation sites is 1. The number of aromatic amines is 1. The Balaban J connectivity index is 2.99. The topological polar surface area (TPSA) is 49.9 Å². The molecule has 2 rings (SSSR count). The maximum absolute atomic E-state index is 11.4. The largest absolute Gasteiger partial charge is 0.357 e. The molecule has 0 saturated carbocycles. The molecule has 0 saturated heterocycles. The second-order valence-corrected chi connectivity index (χ2v) is 6.02. The molecule has 3 nitrogen and oxygen atoms in total. The van der Waals surface area contributed by atoms with Crippen molar-refractivity contribution >= 4 is 30.6 Å². The van der Waals surface area contributed by atoms with E-state index in [0.29, 0.717) is 11.1 Å². The fourth-order valence-electron chi connectivity index (χ4n) is 1.78. The molecule has 0 spiro atoms. The van der Waals surface area contributed by atoms with Crippen LogP contribution in [0.3, 0.4) is 0 Å². The third-order valence-corrected chi connectivity index (χ3v) is 3.89. The molecule has 1 N–H and O–H groups in total. The summed E-state index contributed by atoms with van der Waals surface area (Å²) in [5, 5.41) is 0.655. The molecule has 0 amide bonds. The Morgan fingerprint density at radius 3 is 2.53 bits per heavy atom. The van der Waals surface area contributed by atoms with Crippen LogP contribution >= 0.6 is 10.7 Å². The number of fused-ring (bicyclic) bond motifs is 1. The van der Waals surface area contributed by atoms with Crippen LogP contribution < -0.4 is 0 Å². The van der Waals surface area contributed by atoms with Gasteiger partial charge in [-0.25, -0.2) is 8.42 Å². The minimum Gasteiger partial charge on any atom is -0.357 e. The molecular formula is C10H10ClNO2S. The van der Waals surface area contributed by atoms with Crippen molar-refractivity contribution in [3.05, 3.63) is 29.5 Å². The van der Waals surface area contributed by atoms with Crippen LogP contribution in [0.15, 0.2) is 23.1 Å². The predicted molar refractivity (Wildman–Crippen MR) is 60.8 cm³/mol. The fraction of sp³-hybridized carbons (Fsp3) is 0.200. The molecule has 5 heteroatoms. The summed E-state index contributed by atoms with van der Waals surface area (Å²) >= 11 is 0. The maximum atomic E-state index is 11.4. The highest BCUT2D eigenvalue weighted by Crippen LogP contribution is 2.30. The summed E-state index contributed by atoms with van der Waals surface area (Å²) in [4.78, 5) is 3.22. The predicted octanol–water partition coefficient (Wildman–Crippen LogP) is 2.71. The summed E-state index contributed by atoms with van der Waals surface area (Å²) in [6.45, 7) is 3.62. The summed E-state index contributed by atoms with van der Waals surface area (Å²) in [5.74, 6) is 0. The van der Waals surface area contributed by atoms with Crippen molar-refractivity contribution < 1.29 is 8.42 Å². The second kappa shape index (κ2) is 3.25. The van der Waals surface area contributed by atoms with Crippen molar-refractivity contribution in [1.29, 1.82) is 0 Å². The molecular weight excluding hydrogens is 234 g/mol. The average molecular weight is 244 g/mol. The molecule has 1 aromatic carbocycles. The first-order valence-corrected chi connectivity index (χ1v) is 6.75. The third-order valence-electron chi connectivity index (χ3n) is 2.41. The van der Waals surface area contributed by atoms with E-state index in [9.17, 15) is 8.42 Å². The van der Waals surface area contributed by atoms with Gasteiger partial charge in [-0.2, -0.15) is 0 Å². The molecule has 15 heavy (non-hydrogen) atoms. The van der Waals surface area contributed by atoms with Gasteiger partial charge < -0.3 is 4.98 Å². The van der Waals surface area contributed by atoms with Crippen LogP contribution in [0.2, 0.25) is 0 Å². The van der Waals surface area contributed by atoms with Gasteiger partial charge in [-0.1, -0.05) is 18.2 Å². The van der Waals surface area contributed by atoms with E-state index in [1.807, 2.05) is 19.1 Å². The van der Waals surface area contributed by atoms with E-state index >= 15 is 0 Å². The molecule has 1 aromatic heterocycles. The number of hydrogen-bond donors (Lipinski definition) is 1. The van der Waals surface area contributed by atoms with E-state index in [4.69, 9.17) is 10.7 Å². The van der Waals surface area contributed by atoms with Crippen molar-refractivity contribution in [2.75, 3.05) is 0 Å². The SMILES string of the molecule is Cc1[nH]c2c(C)cccc2c1S(=O)(=O)Cl. The van der Waals surface area contributed by atoms with Gasteiger partial charge in [0.05, 0.1) is 0 Å². The summed E-state index contributed by atoms with van der Waals surface area (Å²) < 4.78 is 22.8. The monoisotopic (exact) mass is 243 g/mol. The van der Waals surface area contributed by atoms with Crippen molar-refractivity contribution in [2.24, 2.45) is 0 Å². The number of benzene rings is 1. The molecule has 2 aromatic rings. The zero-order valence-corrected chi connectivity index (χ0v) is 9.91. The normalized spacial score (nSPS) is 12.2. The molecule has 0 aliphatic rings. The van der Waals surface area contributed by atoms with Gasteiger partial charge in [0.1, 0.15) is 4.90 Å². The van der Waals surface area contributed by atoms with Gasteiger partial charge in [0.15, 0.2) is 0 Å². The van der Waals surface area contributed by atoms with Gasteiger partial charge in [-0.15, -0.1) is 0 Å². The van der Waals surface area contributed by atoms with Crippen molar-refractivity contribution in [3.63, 3.8) is 0 Å². The van der Waals surface area contributed by atoms with Crippen LogP contribution in [0, 0.1) is 13.8 Å². The van der Waals surface area contributed by atoms with Gasteiger partial charge in [-0.05, 0) is 19.4 Å². The minimum absolute atomic E-state index is 0.183. The first-order valence-electron chi connectivity index (χ1n) is 4.44. The Morgan fingerprint density at radius 1 is 1.27 bits per heavy atom. The van der Waals surface area contributed by atoms with Crippen LogP contribution in [0.25, 0.3) is 10.9 Å². The average Bonchev–Trinajstić information content (AvgIpc) is 2.41. The van der Waals surface area contributed by atoms with Gasteiger partial charge >= 0.3 is 0 Å².